The zero-order valence-electron chi connectivity index (χ0n) is 12.9. The molecule has 124 valence electrons. The van der Waals surface area contributed by atoms with Gasteiger partial charge in [-0.1, -0.05) is 11.6 Å². The van der Waals surface area contributed by atoms with Crippen LogP contribution in [-0.4, -0.2) is 50.3 Å². The van der Waals surface area contributed by atoms with E-state index in [1.165, 1.54) is 0 Å². The Kier molecular flexibility index (Phi) is 3.99. The van der Waals surface area contributed by atoms with Gasteiger partial charge in [0, 0.05) is 18.8 Å². The Morgan fingerprint density at radius 3 is 2.96 bits per heavy atom. The standard InChI is InChI=1S/C15H14Cl2N6O/c1-9-8-24-6-5-22(9)12-7-11(16)19-15(20-12)23-10-3-2-4-18-13(10)21-14(23)17/h2-4,7,9H,5-6,8H2,1H3/t9-/m1/s1. The van der Waals surface area contributed by atoms with Crippen LogP contribution in [0, 0.1) is 0 Å². The number of ether oxygens (including phenoxy) is 1. The highest BCUT2D eigenvalue weighted by Crippen LogP contribution is 2.26. The third-order valence-electron chi connectivity index (χ3n) is 3.92. The molecule has 0 bridgehead atoms. The summed E-state index contributed by atoms with van der Waals surface area (Å²) in [5, 5.41) is 0.586. The van der Waals surface area contributed by atoms with Gasteiger partial charge in [-0.25, -0.2) is 14.5 Å². The van der Waals surface area contributed by atoms with Crippen molar-refractivity contribution in [3.05, 3.63) is 34.8 Å². The highest BCUT2D eigenvalue weighted by atomic mass is 35.5. The average Bonchev–Trinajstić information content (AvgIpc) is 2.90. The predicted octanol–water partition coefficient (Wildman–Crippen LogP) is 2.74. The van der Waals surface area contributed by atoms with E-state index >= 15 is 0 Å². The smallest absolute Gasteiger partial charge is 0.240 e. The molecule has 0 saturated carbocycles. The number of nitrogens with zero attached hydrogens (tertiary/aromatic N) is 6. The fourth-order valence-corrected chi connectivity index (χ4v) is 3.20. The van der Waals surface area contributed by atoms with Crippen LogP contribution in [0.1, 0.15) is 6.92 Å². The zero-order chi connectivity index (χ0) is 16.7. The van der Waals surface area contributed by atoms with Crippen molar-refractivity contribution in [2.24, 2.45) is 0 Å². The number of fused-ring (bicyclic) bond motifs is 1. The summed E-state index contributed by atoms with van der Waals surface area (Å²) in [6.07, 6.45) is 1.66. The molecule has 0 aromatic carbocycles. The molecule has 4 heterocycles. The predicted molar refractivity (Wildman–Crippen MR) is 92.1 cm³/mol. The summed E-state index contributed by atoms with van der Waals surface area (Å²) >= 11 is 12.5. The number of aromatic nitrogens is 5. The Hall–Kier alpha value is -1.96. The summed E-state index contributed by atoms with van der Waals surface area (Å²) in [7, 11) is 0. The molecule has 0 N–H and O–H groups in total. The van der Waals surface area contributed by atoms with Gasteiger partial charge >= 0.3 is 0 Å². The Bertz CT molecular complexity index is 899. The zero-order valence-corrected chi connectivity index (χ0v) is 14.4. The van der Waals surface area contributed by atoms with Crippen LogP contribution < -0.4 is 4.90 Å². The van der Waals surface area contributed by atoms with Gasteiger partial charge in [-0.15, -0.1) is 0 Å². The monoisotopic (exact) mass is 364 g/mol. The van der Waals surface area contributed by atoms with E-state index in [-0.39, 0.29) is 11.3 Å². The van der Waals surface area contributed by atoms with E-state index in [0.29, 0.717) is 30.0 Å². The van der Waals surface area contributed by atoms with Crippen LogP contribution in [0.15, 0.2) is 24.4 Å². The van der Waals surface area contributed by atoms with Crippen molar-refractivity contribution < 1.29 is 4.74 Å². The number of halogens is 2. The van der Waals surface area contributed by atoms with Crippen molar-refractivity contribution >= 4 is 40.2 Å². The first-order valence-corrected chi connectivity index (χ1v) is 8.27. The first kappa shape index (κ1) is 15.6. The Morgan fingerprint density at radius 2 is 2.12 bits per heavy atom. The summed E-state index contributed by atoms with van der Waals surface area (Å²) < 4.78 is 7.12. The first-order valence-electron chi connectivity index (χ1n) is 7.52. The van der Waals surface area contributed by atoms with Crippen molar-refractivity contribution in [3.8, 4) is 5.95 Å². The molecule has 24 heavy (non-hydrogen) atoms. The van der Waals surface area contributed by atoms with Gasteiger partial charge in [0.25, 0.3) is 0 Å². The topological polar surface area (TPSA) is 69.0 Å². The molecule has 7 nitrogen and oxygen atoms in total. The Labute approximate surface area is 148 Å². The van der Waals surface area contributed by atoms with Crippen molar-refractivity contribution in [2.75, 3.05) is 24.7 Å². The van der Waals surface area contributed by atoms with Crippen molar-refractivity contribution in [1.29, 1.82) is 0 Å². The molecule has 3 aromatic heterocycles. The van der Waals surface area contributed by atoms with E-state index in [0.717, 1.165) is 17.9 Å². The molecule has 0 radical (unpaired) electrons. The lowest BCUT2D eigenvalue weighted by atomic mass is 10.2. The molecule has 0 amide bonds. The number of anilines is 1. The van der Waals surface area contributed by atoms with E-state index in [4.69, 9.17) is 27.9 Å². The summed E-state index contributed by atoms with van der Waals surface area (Å²) in [5.41, 5.74) is 1.26. The van der Waals surface area contributed by atoms with Crippen LogP contribution in [0.25, 0.3) is 17.1 Å². The maximum Gasteiger partial charge on any atom is 0.240 e. The molecule has 1 atom stereocenters. The second-order valence-electron chi connectivity index (χ2n) is 5.53. The second-order valence-corrected chi connectivity index (χ2v) is 6.25. The number of morpholine rings is 1. The number of rotatable bonds is 2. The molecule has 1 aliphatic heterocycles. The fraction of sp³-hybridized carbons (Fsp3) is 0.333. The molecule has 0 spiro atoms. The van der Waals surface area contributed by atoms with Gasteiger partial charge in [-0.05, 0) is 30.7 Å². The van der Waals surface area contributed by atoms with Crippen molar-refractivity contribution in [3.63, 3.8) is 0 Å². The van der Waals surface area contributed by atoms with Gasteiger partial charge in [-0.2, -0.15) is 9.97 Å². The lowest BCUT2D eigenvalue weighted by Gasteiger charge is -2.34. The minimum absolute atomic E-state index is 0.203. The third kappa shape index (κ3) is 2.68. The number of hydrogen-bond acceptors (Lipinski definition) is 6. The molecule has 0 aliphatic carbocycles. The quantitative estimate of drug-likeness (QED) is 0.651. The van der Waals surface area contributed by atoms with Crippen LogP contribution in [0.4, 0.5) is 5.82 Å². The summed E-state index contributed by atoms with van der Waals surface area (Å²) in [5.74, 6) is 1.11. The minimum Gasteiger partial charge on any atom is -0.377 e. The largest absolute Gasteiger partial charge is 0.377 e. The molecule has 1 fully saturated rings. The molecule has 3 aromatic rings. The maximum atomic E-state index is 6.28. The van der Waals surface area contributed by atoms with Gasteiger partial charge in [0.2, 0.25) is 11.2 Å². The lowest BCUT2D eigenvalue weighted by Crippen LogP contribution is -2.44. The summed E-state index contributed by atoms with van der Waals surface area (Å²) in [4.78, 5) is 19.5. The van der Waals surface area contributed by atoms with E-state index < -0.39 is 0 Å². The van der Waals surface area contributed by atoms with E-state index in [1.807, 2.05) is 12.1 Å². The Morgan fingerprint density at radius 1 is 1.25 bits per heavy atom. The molecule has 1 aliphatic rings. The van der Waals surface area contributed by atoms with Crippen LogP contribution in [0.5, 0.6) is 0 Å². The van der Waals surface area contributed by atoms with Crippen LogP contribution in [0.2, 0.25) is 10.4 Å². The summed E-state index contributed by atoms with van der Waals surface area (Å²) in [6, 6.07) is 5.63. The second kappa shape index (κ2) is 6.16. The third-order valence-corrected chi connectivity index (χ3v) is 4.37. The van der Waals surface area contributed by atoms with E-state index in [1.54, 1.807) is 16.8 Å². The molecule has 1 saturated heterocycles. The SMILES string of the molecule is C[C@@H]1COCCN1c1cc(Cl)nc(-n2c(Cl)nc3ncccc32)n1. The van der Waals surface area contributed by atoms with Gasteiger partial charge in [-0.3, -0.25) is 0 Å². The van der Waals surface area contributed by atoms with Crippen molar-refractivity contribution in [1.82, 2.24) is 24.5 Å². The summed E-state index contributed by atoms with van der Waals surface area (Å²) in [6.45, 7) is 4.13. The number of imidazole rings is 1. The van der Waals surface area contributed by atoms with Gasteiger partial charge < -0.3 is 9.64 Å². The minimum atomic E-state index is 0.203. The highest BCUT2D eigenvalue weighted by molar-refractivity contribution is 6.30. The normalized spacial score (nSPS) is 18.3. The highest BCUT2D eigenvalue weighted by Gasteiger charge is 2.22. The maximum absolute atomic E-state index is 6.28. The van der Waals surface area contributed by atoms with Crippen LogP contribution >= 0.6 is 23.2 Å². The first-order chi connectivity index (χ1) is 11.6. The van der Waals surface area contributed by atoms with E-state index in [2.05, 4.69) is 31.8 Å². The molecule has 4 rings (SSSR count). The van der Waals surface area contributed by atoms with E-state index in [9.17, 15) is 0 Å². The molecular weight excluding hydrogens is 351 g/mol. The Balaban J connectivity index is 1.85. The van der Waals surface area contributed by atoms with Gasteiger partial charge in [0.1, 0.15) is 11.0 Å². The van der Waals surface area contributed by atoms with Gasteiger partial charge in [0.15, 0.2) is 5.65 Å². The number of pyridine rings is 1. The lowest BCUT2D eigenvalue weighted by molar-refractivity contribution is 0.0985. The average molecular weight is 365 g/mol. The molecule has 0 unspecified atom stereocenters. The van der Waals surface area contributed by atoms with Crippen LogP contribution in [-0.2, 0) is 4.74 Å². The molecule has 9 heteroatoms. The molecular formula is C15H14Cl2N6O. The fourth-order valence-electron chi connectivity index (χ4n) is 2.78. The number of hydrogen-bond donors (Lipinski definition) is 0. The van der Waals surface area contributed by atoms with Crippen LogP contribution in [0.3, 0.4) is 0 Å². The van der Waals surface area contributed by atoms with Crippen molar-refractivity contribution in [2.45, 2.75) is 13.0 Å². The van der Waals surface area contributed by atoms with Gasteiger partial charge in [0.05, 0.1) is 24.8 Å².